The topological polar surface area (TPSA) is 53.4 Å². The molecular weight excluding hydrogens is 190 g/mol. The quantitative estimate of drug-likeness (QED) is 0.746. The van der Waals surface area contributed by atoms with E-state index in [0.717, 1.165) is 6.42 Å². The van der Waals surface area contributed by atoms with Gasteiger partial charge >= 0.3 is 0 Å². The molecule has 1 aromatic rings. The van der Waals surface area contributed by atoms with E-state index in [-0.39, 0.29) is 19.1 Å². The summed E-state index contributed by atoms with van der Waals surface area (Å²) >= 11 is 0. The minimum atomic E-state index is 0.163. The number of aromatic nitrogens is 1. The van der Waals surface area contributed by atoms with Gasteiger partial charge in [-0.2, -0.15) is 0 Å². The Bertz CT molecular complexity index is 283. The number of aliphatic hydroxyl groups excluding tert-OH is 2. The summed E-state index contributed by atoms with van der Waals surface area (Å²) in [4.78, 5) is 4.09. The summed E-state index contributed by atoms with van der Waals surface area (Å²) < 4.78 is 0. The molecule has 0 aliphatic heterocycles. The second-order valence-electron chi connectivity index (χ2n) is 3.65. The maximum Gasteiger partial charge on any atom is 0.0436 e. The summed E-state index contributed by atoms with van der Waals surface area (Å²) in [6, 6.07) is 1.99. The van der Waals surface area contributed by atoms with Crippen LogP contribution in [0.5, 0.6) is 0 Å². The Morgan fingerprint density at radius 2 is 1.93 bits per heavy atom. The average molecular weight is 209 g/mol. The molecule has 0 aromatic carbocycles. The summed E-state index contributed by atoms with van der Waals surface area (Å²) in [5, 5.41) is 18.0. The summed E-state index contributed by atoms with van der Waals surface area (Å²) in [7, 11) is 0. The molecule has 0 saturated heterocycles. The molecule has 1 aromatic heterocycles. The summed E-state index contributed by atoms with van der Waals surface area (Å²) in [5.41, 5.74) is 2.43. The van der Waals surface area contributed by atoms with E-state index in [1.54, 1.807) is 6.20 Å². The highest BCUT2D eigenvalue weighted by molar-refractivity contribution is 5.27. The maximum absolute atomic E-state index is 8.99. The van der Waals surface area contributed by atoms with Crippen LogP contribution in [0.25, 0.3) is 0 Å². The van der Waals surface area contributed by atoms with Gasteiger partial charge in [-0.25, -0.2) is 0 Å². The second-order valence-corrected chi connectivity index (χ2v) is 3.65. The van der Waals surface area contributed by atoms with Crippen LogP contribution in [0.15, 0.2) is 18.5 Å². The van der Waals surface area contributed by atoms with E-state index in [2.05, 4.69) is 11.9 Å². The molecule has 2 N–H and O–H groups in total. The fourth-order valence-electron chi connectivity index (χ4n) is 1.90. The lowest BCUT2D eigenvalue weighted by atomic mass is 9.90. The van der Waals surface area contributed by atoms with E-state index in [9.17, 15) is 0 Å². The molecule has 0 aliphatic rings. The van der Waals surface area contributed by atoms with E-state index in [4.69, 9.17) is 10.2 Å². The molecule has 1 rings (SSSR count). The molecule has 0 amide bonds. The largest absolute Gasteiger partial charge is 0.396 e. The van der Waals surface area contributed by atoms with Gasteiger partial charge in [-0.1, -0.05) is 6.92 Å². The zero-order valence-electron chi connectivity index (χ0n) is 9.19. The highest BCUT2D eigenvalue weighted by Crippen LogP contribution is 2.25. The van der Waals surface area contributed by atoms with Crippen LogP contribution in [0.4, 0.5) is 0 Å². The van der Waals surface area contributed by atoms with Gasteiger partial charge in [0, 0.05) is 25.6 Å². The minimum Gasteiger partial charge on any atom is -0.396 e. The summed E-state index contributed by atoms with van der Waals surface area (Å²) in [5.74, 6) is 0.248. The molecule has 0 aliphatic carbocycles. The average Bonchev–Trinajstić information content (AvgIpc) is 2.29. The third-order valence-electron chi connectivity index (χ3n) is 2.72. The van der Waals surface area contributed by atoms with Gasteiger partial charge in [-0.05, 0) is 42.4 Å². The maximum atomic E-state index is 8.99. The van der Waals surface area contributed by atoms with E-state index in [1.165, 1.54) is 11.1 Å². The smallest absolute Gasteiger partial charge is 0.0436 e. The van der Waals surface area contributed by atoms with Gasteiger partial charge in [0.15, 0.2) is 0 Å². The van der Waals surface area contributed by atoms with Crippen LogP contribution in [0.3, 0.4) is 0 Å². The van der Waals surface area contributed by atoms with E-state index < -0.39 is 0 Å². The zero-order valence-corrected chi connectivity index (χ0v) is 9.19. The molecule has 3 heteroatoms. The van der Waals surface area contributed by atoms with Crippen molar-refractivity contribution in [3.05, 3.63) is 29.6 Å². The summed E-state index contributed by atoms with van der Waals surface area (Å²) in [6.07, 6.45) is 6.00. The lowest BCUT2D eigenvalue weighted by Crippen LogP contribution is -2.07. The second kappa shape index (κ2) is 6.53. The van der Waals surface area contributed by atoms with Crippen molar-refractivity contribution in [2.75, 3.05) is 13.2 Å². The van der Waals surface area contributed by atoms with E-state index in [1.807, 2.05) is 12.3 Å². The Hall–Kier alpha value is -0.930. The molecule has 0 saturated carbocycles. The Balaban J connectivity index is 2.88. The lowest BCUT2D eigenvalue weighted by Gasteiger charge is -2.17. The Kier molecular flexibility index (Phi) is 5.29. The van der Waals surface area contributed by atoms with Crippen LogP contribution < -0.4 is 0 Å². The molecule has 1 heterocycles. The van der Waals surface area contributed by atoms with Gasteiger partial charge in [0.25, 0.3) is 0 Å². The van der Waals surface area contributed by atoms with Crippen molar-refractivity contribution < 1.29 is 10.2 Å². The number of rotatable bonds is 6. The first-order valence-corrected chi connectivity index (χ1v) is 5.48. The van der Waals surface area contributed by atoms with Crippen LogP contribution in [0.2, 0.25) is 0 Å². The van der Waals surface area contributed by atoms with Crippen molar-refractivity contribution in [3.8, 4) is 0 Å². The van der Waals surface area contributed by atoms with Crippen LogP contribution in [-0.2, 0) is 6.42 Å². The van der Waals surface area contributed by atoms with Crippen LogP contribution in [0, 0.1) is 0 Å². The Morgan fingerprint density at radius 3 is 2.47 bits per heavy atom. The first-order valence-electron chi connectivity index (χ1n) is 5.48. The molecule has 15 heavy (non-hydrogen) atoms. The third-order valence-corrected chi connectivity index (χ3v) is 2.72. The highest BCUT2D eigenvalue weighted by Gasteiger charge is 2.13. The summed E-state index contributed by atoms with van der Waals surface area (Å²) in [6.45, 7) is 2.42. The Labute approximate surface area is 90.8 Å². The van der Waals surface area contributed by atoms with Crippen molar-refractivity contribution >= 4 is 0 Å². The number of nitrogens with zero attached hydrogens (tertiary/aromatic N) is 1. The zero-order chi connectivity index (χ0) is 11.1. The van der Waals surface area contributed by atoms with Gasteiger partial charge in [-0.3, -0.25) is 4.98 Å². The van der Waals surface area contributed by atoms with Crippen LogP contribution >= 0.6 is 0 Å². The molecule has 0 bridgehead atoms. The van der Waals surface area contributed by atoms with Crippen molar-refractivity contribution in [2.45, 2.75) is 32.1 Å². The van der Waals surface area contributed by atoms with Crippen molar-refractivity contribution in [3.63, 3.8) is 0 Å². The normalized spacial score (nSPS) is 10.9. The number of hydrogen-bond donors (Lipinski definition) is 2. The lowest BCUT2D eigenvalue weighted by molar-refractivity contribution is 0.241. The molecule has 0 spiro atoms. The van der Waals surface area contributed by atoms with Crippen molar-refractivity contribution in [1.82, 2.24) is 4.98 Å². The Morgan fingerprint density at radius 1 is 1.27 bits per heavy atom. The number of hydrogen-bond acceptors (Lipinski definition) is 3. The molecule has 0 fully saturated rings. The molecule has 84 valence electrons. The standard InChI is InChI=1S/C12H19NO2/c1-2-10-9-13-6-3-12(10)11(4-7-14)5-8-15/h3,6,9,11,14-15H,2,4-5,7-8H2,1H3. The van der Waals surface area contributed by atoms with Crippen molar-refractivity contribution in [1.29, 1.82) is 0 Å². The van der Waals surface area contributed by atoms with Crippen LogP contribution in [-0.4, -0.2) is 28.4 Å². The molecular formula is C12H19NO2. The first kappa shape index (κ1) is 12.1. The SMILES string of the molecule is CCc1cnccc1C(CCO)CCO. The predicted molar refractivity (Wildman–Crippen MR) is 59.8 cm³/mol. The highest BCUT2D eigenvalue weighted by atomic mass is 16.3. The fraction of sp³-hybridized carbons (Fsp3) is 0.583. The first-order chi connectivity index (χ1) is 7.33. The van der Waals surface area contributed by atoms with Crippen LogP contribution in [0.1, 0.15) is 36.8 Å². The number of aliphatic hydroxyl groups is 2. The monoisotopic (exact) mass is 209 g/mol. The van der Waals surface area contributed by atoms with Gasteiger partial charge in [0.2, 0.25) is 0 Å². The van der Waals surface area contributed by atoms with E-state index >= 15 is 0 Å². The van der Waals surface area contributed by atoms with Gasteiger partial charge in [-0.15, -0.1) is 0 Å². The molecule has 3 nitrogen and oxygen atoms in total. The van der Waals surface area contributed by atoms with Crippen molar-refractivity contribution in [2.24, 2.45) is 0 Å². The third kappa shape index (κ3) is 3.29. The number of aryl methyl sites for hydroxylation is 1. The predicted octanol–water partition coefficient (Wildman–Crippen LogP) is 1.49. The van der Waals surface area contributed by atoms with Gasteiger partial charge in [0.05, 0.1) is 0 Å². The molecule has 0 radical (unpaired) electrons. The molecule has 0 atom stereocenters. The van der Waals surface area contributed by atoms with Gasteiger partial charge in [0.1, 0.15) is 0 Å². The molecule has 0 unspecified atom stereocenters. The van der Waals surface area contributed by atoms with E-state index in [0.29, 0.717) is 12.8 Å². The number of pyridine rings is 1. The minimum absolute atomic E-state index is 0.163. The van der Waals surface area contributed by atoms with Gasteiger partial charge < -0.3 is 10.2 Å². The fourth-order valence-corrected chi connectivity index (χ4v) is 1.90.